The minimum absolute atomic E-state index is 0.345. The van der Waals surface area contributed by atoms with Gasteiger partial charge < -0.3 is 5.73 Å². The summed E-state index contributed by atoms with van der Waals surface area (Å²) in [6.07, 6.45) is 14.2. The average Bonchev–Trinajstić information content (AvgIpc) is 2.56. The summed E-state index contributed by atoms with van der Waals surface area (Å²) >= 11 is 0. The van der Waals surface area contributed by atoms with Gasteiger partial charge >= 0.3 is 0 Å². The fourth-order valence-electron chi connectivity index (χ4n) is 2.89. The summed E-state index contributed by atoms with van der Waals surface area (Å²) in [5.41, 5.74) is 8.03. The Morgan fingerprint density at radius 3 is 2.44 bits per heavy atom. The third kappa shape index (κ3) is 4.29. The van der Waals surface area contributed by atoms with Crippen LogP contribution < -0.4 is 5.73 Å². The Morgan fingerprint density at radius 1 is 1.12 bits per heavy atom. The van der Waals surface area contributed by atoms with Crippen LogP contribution in [-0.2, 0) is 0 Å². The van der Waals surface area contributed by atoms with Crippen LogP contribution in [0.4, 0.5) is 0 Å². The highest BCUT2D eigenvalue weighted by Crippen LogP contribution is 2.27. The van der Waals surface area contributed by atoms with Crippen LogP contribution in [0.1, 0.15) is 71.6 Å². The van der Waals surface area contributed by atoms with Crippen molar-refractivity contribution in [1.29, 1.82) is 0 Å². The van der Waals surface area contributed by atoms with Crippen molar-refractivity contribution in [2.75, 3.05) is 0 Å². The van der Waals surface area contributed by atoms with Crippen molar-refractivity contribution in [1.82, 2.24) is 0 Å². The predicted molar refractivity (Wildman–Crippen MR) is 72.4 cm³/mol. The molecule has 0 saturated heterocycles. The van der Waals surface area contributed by atoms with Gasteiger partial charge in [-0.3, -0.25) is 0 Å². The standard InChI is InChI=1S/C15H29N/c1-3-9-13(10-4-2)15(16)14-11-7-5-6-8-12-14/h11,13,15H,3-10,12,16H2,1-2H3. The van der Waals surface area contributed by atoms with Crippen LogP contribution in [0.3, 0.4) is 0 Å². The van der Waals surface area contributed by atoms with E-state index >= 15 is 0 Å². The van der Waals surface area contributed by atoms with Gasteiger partial charge in [-0.25, -0.2) is 0 Å². The molecule has 0 fully saturated rings. The normalized spacial score (nSPS) is 19.4. The van der Waals surface area contributed by atoms with E-state index in [2.05, 4.69) is 19.9 Å². The van der Waals surface area contributed by atoms with Gasteiger partial charge in [0.05, 0.1) is 0 Å². The highest BCUT2D eigenvalue weighted by atomic mass is 14.7. The van der Waals surface area contributed by atoms with Gasteiger partial charge in [0.15, 0.2) is 0 Å². The number of allylic oxidation sites excluding steroid dienone is 1. The minimum atomic E-state index is 0.345. The van der Waals surface area contributed by atoms with Gasteiger partial charge in [-0.05, 0) is 44.4 Å². The van der Waals surface area contributed by atoms with Crippen molar-refractivity contribution in [2.45, 2.75) is 77.7 Å². The van der Waals surface area contributed by atoms with Crippen molar-refractivity contribution in [3.05, 3.63) is 11.6 Å². The predicted octanol–water partition coefficient (Wildman–Crippen LogP) is 4.42. The minimum Gasteiger partial charge on any atom is -0.324 e. The molecule has 1 unspecified atom stereocenters. The second-order valence-electron chi connectivity index (χ2n) is 5.24. The zero-order chi connectivity index (χ0) is 11.8. The molecule has 0 amide bonds. The molecule has 1 nitrogen and oxygen atoms in total. The fourth-order valence-corrected chi connectivity index (χ4v) is 2.89. The zero-order valence-corrected chi connectivity index (χ0v) is 11.2. The third-order valence-corrected chi connectivity index (χ3v) is 3.83. The van der Waals surface area contributed by atoms with Crippen LogP contribution in [0.25, 0.3) is 0 Å². The van der Waals surface area contributed by atoms with Crippen LogP contribution in [-0.4, -0.2) is 6.04 Å². The summed E-state index contributed by atoms with van der Waals surface area (Å²) in [6, 6.07) is 0.345. The maximum atomic E-state index is 6.47. The fraction of sp³-hybridized carbons (Fsp3) is 0.867. The molecule has 0 saturated carbocycles. The number of hydrogen-bond donors (Lipinski definition) is 1. The Morgan fingerprint density at radius 2 is 1.81 bits per heavy atom. The van der Waals surface area contributed by atoms with E-state index in [0.29, 0.717) is 6.04 Å². The molecule has 0 aliphatic heterocycles. The Kier molecular flexibility index (Phi) is 6.79. The van der Waals surface area contributed by atoms with Crippen molar-refractivity contribution in [3.63, 3.8) is 0 Å². The molecule has 0 aromatic rings. The smallest absolute Gasteiger partial charge is 0.0282 e. The Labute approximate surface area is 101 Å². The van der Waals surface area contributed by atoms with E-state index in [4.69, 9.17) is 5.73 Å². The van der Waals surface area contributed by atoms with Crippen LogP contribution in [0.15, 0.2) is 11.6 Å². The quantitative estimate of drug-likeness (QED) is 0.663. The van der Waals surface area contributed by atoms with Gasteiger partial charge in [0.25, 0.3) is 0 Å². The molecular weight excluding hydrogens is 194 g/mol. The molecule has 1 aliphatic carbocycles. The topological polar surface area (TPSA) is 26.0 Å². The number of hydrogen-bond acceptors (Lipinski definition) is 1. The summed E-state index contributed by atoms with van der Waals surface area (Å²) in [7, 11) is 0. The molecule has 1 atom stereocenters. The molecule has 2 N–H and O–H groups in total. The first-order valence-electron chi connectivity index (χ1n) is 7.24. The lowest BCUT2D eigenvalue weighted by molar-refractivity contribution is 0.385. The van der Waals surface area contributed by atoms with Crippen molar-refractivity contribution in [3.8, 4) is 0 Å². The zero-order valence-electron chi connectivity index (χ0n) is 11.2. The first kappa shape index (κ1) is 13.8. The molecule has 94 valence electrons. The molecule has 0 aromatic carbocycles. The van der Waals surface area contributed by atoms with Crippen LogP contribution >= 0.6 is 0 Å². The lowest BCUT2D eigenvalue weighted by Crippen LogP contribution is -2.32. The number of rotatable bonds is 6. The molecule has 0 radical (unpaired) electrons. The second kappa shape index (κ2) is 7.89. The Balaban J connectivity index is 2.56. The summed E-state index contributed by atoms with van der Waals surface area (Å²) in [5.74, 6) is 0.722. The van der Waals surface area contributed by atoms with Gasteiger partial charge in [-0.1, -0.05) is 44.8 Å². The maximum Gasteiger partial charge on any atom is 0.0282 e. The van der Waals surface area contributed by atoms with E-state index in [-0.39, 0.29) is 0 Å². The summed E-state index contributed by atoms with van der Waals surface area (Å²) in [6.45, 7) is 4.55. The van der Waals surface area contributed by atoms with Crippen molar-refractivity contribution >= 4 is 0 Å². The largest absolute Gasteiger partial charge is 0.324 e. The van der Waals surface area contributed by atoms with E-state index in [1.807, 2.05) is 0 Å². The highest BCUT2D eigenvalue weighted by Gasteiger charge is 2.20. The van der Waals surface area contributed by atoms with Crippen LogP contribution in [0.2, 0.25) is 0 Å². The molecule has 1 aliphatic rings. The van der Waals surface area contributed by atoms with Crippen molar-refractivity contribution in [2.24, 2.45) is 11.7 Å². The Bertz CT molecular complexity index is 201. The van der Waals surface area contributed by atoms with Gasteiger partial charge in [-0.15, -0.1) is 0 Å². The van der Waals surface area contributed by atoms with Gasteiger partial charge in [0.2, 0.25) is 0 Å². The molecule has 0 heterocycles. The van der Waals surface area contributed by atoms with E-state index in [9.17, 15) is 0 Å². The Hall–Kier alpha value is -0.300. The molecule has 0 bridgehead atoms. The first-order chi connectivity index (χ1) is 7.79. The van der Waals surface area contributed by atoms with Gasteiger partial charge in [0.1, 0.15) is 0 Å². The lowest BCUT2D eigenvalue weighted by atomic mass is 9.85. The maximum absolute atomic E-state index is 6.47. The monoisotopic (exact) mass is 223 g/mol. The van der Waals surface area contributed by atoms with Gasteiger partial charge in [-0.2, -0.15) is 0 Å². The molecule has 1 rings (SSSR count). The molecular formula is C15H29N. The van der Waals surface area contributed by atoms with Crippen molar-refractivity contribution < 1.29 is 0 Å². The number of nitrogens with two attached hydrogens (primary N) is 1. The van der Waals surface area contributed by atoms with Crippen LogP contribution in [0, 0.1) is 5.92 Å². The highest BCUT2D eigenvalue weighted by molar-refractivity contribution is 5.12. The third-order valence-electron chi connectivity index (χ3n) is 3.83. The van der Waals surface area contributed by atoms with E-state index < -0.39 is 0 Å². The van der Waals surface area contributed by atoms with Gasteiger partial charge in [0, 0.05) is 6.04 Å². The summed E-state index contributed by atoms with van der Waals surface area (Å²) < 4.78 is 0. The molecule has 16 heavy (non-hydrogen) atoms. The second-order valence-corrected chi connectivity index (χ2v) is 5.24. The van der Waals surface area contributed by atoms with Crippen LogP contribution in [0.5, 0.6) is 0 Å². The van der Waals surface area contributed by atoms with E-state index in [1.165, 1.54) is 57.8 Å². The lowest BCUT2D eigenvalue weighted by Gasteiger charge is -2.25. The summed E-state index contributed by atoms with van der Waals surface area (Å²) in [5, 5.41) is 0. The molecule has 0 spiro atoms. The summed E-state index contributed by atoms with van der Waals surface area (Å²) in [4.78, 5) is 0. The first-order valence-corrected chi connectivity index (χ1v) is 7.24. The average molecular weight is 223 g/mol. The van der Waals surface area contributed by atoms with E-state index in [0.717, 1.165) is 5.92 Å². The van der Waals surface area contributed by atoms with E-state index in [1.54, 1.807) is 5.57 Å². The molecule has 0 aromatic heterocycles. The SMILES string of the molecule is CCCC(CCC)C(N)C1=CCCCCC1. The molecule has 1 heteroatoms.